The van der Waals surface area contributed by atoms with E-state index in [-0.39, 0.29) is 11.8 Å². The second-order valence-electron chi connectivity index (χ2n) is 4.42. The van der Waals surface area contributed by atoms with Gasteiger partial charge in [-0.1, -0.05) is 6.07 Å². The number of nitrogens with one attached hydrogen (secondary N) is 2. The van der Waals surface area contributed by atoms with Crippen molar-refractivity contribution >= 4 is 23.2 Å². The lowest BCUT2D eigenvalue weighted by molar-refractivity contribution is -0.115. The van der Waals surface area contributed by atoms with Gasteiger partial charge < -0.3 is 10.6 Å². The zero-order chi connectivity index (χ0) is 14.1. The molecule has 2 N–H and O–H groups in total. The molecule has 0 radical (unpaired) electrons. The first-order chi connectivity index (χ1) is 9.61. The summed E-state index contributed by atoms with van der Waals surface area (Å²) in [6, 6.07) is 7.59. The number of anilines is 2. The smallest absolute Gasteiger partial charge is 0.255 e. The summed E-state index contributed by atoms with van der Waals surface area (Å²) in [4.78, 5) is 26.7. The molecule has 20 heavy (non-hydrogen) atoms. The van der Waals surface area contributed by atoms with Crippen LogP contribution in [0.1, 0.15) is 15.9 Å². The number of hydrogen-bond donors (Lipinski definition) is 2. The Morgan fingerprint density at radius 1 is 1.30 bits per heavy atom. The zero-order valence-electron chi connectivity index (χ0n) is 10.3. The molecule has 0 atom stereocenters. The monoisotopic (exact) mass is 271 g/mol. The van der Waals surface area contributed by atoms with E-state index in [2.05, 4.69) is 15.6 Å². The molecule has 1 aliphatic rings. The molecule has 0 fully saturated rings. The van der Waals surface area contributed by atoms with Crippen LogP contribution in [0.15, 0.2) is 36.5 Å². The van der Waals surface area contributed by atoms with Crippen molar-refractivity contribution in [2.75, 3.05) is 10.6 Å². The maximum absolute atomic E-state index is 12.7. The molecule has 6 heteroatoms. The number of carbonyl (C=O) groups excluding carboxylic acids is 2. The fourth-order valence-corrected chi connectivity index (χ4v) is 2.01. The molecule has 2 heterocycles. The van der Waals surface area contributed by atoms with Crippen LogP contribution in [0.2, 0.25) is 0 Å². The first-order valence-electron chi connectivity index (χ1n) is 5.97. The Bertz CT molecular complexity index is 698. The highest BCUT2D eigenvalue weighted by atomic mass is 19.1. The van der Waals surface area contributed by atoms with E-state index in [1.807, 2.05) is 0 Å². The molecule has 0 spiro atoms. The minimum Gasteiger partial charge on any atom is -0.326 e. The zero-order valence-corrected chi connectivity index (χ0v) is 10.3. The lowest BCUT2D eigenvalue weighted by Crippen LogP contribution is -2.12. The SMILES string of the molecule is O=C1Cc2ccc(C(=O)Nc3ccc(F)nc3)cc2N1. The van der Waals surface area contributed by atoms with Gasteiger partial charge in [0.25, 0.3) is 5.91 Å². The summed E-state index contributed by atoms with van der Waals surface area (Å²) in [6.45, 7) is 0. The third kappa shape index (κ3) is 2.35. The molecule has 1 aromatic carbocycles. The number of fused-ring (bicyclic) bond motifs is 1. The van der Waals surface area contributed by atoms with Crippen molar-refractivity contribution in [3.63, 3.8) is 0 Å². The second-order valence-corrected chi connectivity index (χ2v) is 4.42. The minimum atomic E-state index is -0.608. The van der Waals surface area contributed by atoms with Crippen molar-refractivity contribution in [3.05, 3.63) is 53.6 Å². The third-order valence-electron chi connectivity index (χ3n) is 2.98. The number of halogens is 1. The summed E-state index contributed by atoms with van der Waals surface area (Å²) in [7, 11) is 0. The molecule has 0 saturated carbocycles. The van der Waals surface area contributed by atoms with Gasteiger partial charge in [0, 0.05) is 11.3 Å². The summed E-state index contributed by atoms with van der Waals surface area (Å²) in [5.41, 5.74) is 2.34. The Morgan fingerprint density at radius 2 is 2.15 bits per heavy atom. The Morgan fingerprint density at radius 3 is 2.90 bits per heavy atom. The topological polar surface area (TPSA) is 71.1 Å². The summed E-state index contributed by atoms with van der Waals surface area (Å²) in [6.07, 6.45) is 1.57. The van der Waals surface area contributed by atoms with E-state index >= 15 is 0 Å². The fourth-order valence-electron chi connectivity index (χ4n) is 2.01. The molecule has 5 nitrogen and oxygen atoms in total. The number of benzene rings is 1. The van der Waals surface area contributed by atoms with Gasteiger partial charge in [0.1, 0.15) is 0 Å². The highest BCUT2D eigenvalue weighted by molar-refractivity contribution is 6.07. The van der Waals surface area contributed by atoms with Crippen LogP contribution in [0.3, 0.4) is 0 Å². The first-order valence-corrected chi connectivity index (χ1v) is 5.97. The van der Waals surface area contributed by atoms with E-state index in [9.17, 15) is 14.0 Å². The van der Waals surface area contributed by atoms with Crippen LogP contribution < -0.4 is 10.6 Å². The number of nitrogens with zero attached hydrogens (tertiary/aromatic N) is 1. The average Bonchev–Trinajstić information content (AvgIpc) is 2.80. The van der Waals surface area contributed by atoms with Gasteiger partial charge in [0.05, 0.1) is 18.3 Å². The van der Waals surface area contributed by atoms with Crippen molar-refractivity contribution in [1.29, 1.82) is 0 Å². The van der Waals surface area contributed by atoms with Gasteiger partial charge in [-0.3, -0.25) is 9.59 Å². The summed E-state index contributed by atoms with van der Waals surface area (Å²) in [5, 5.41) is 5.29. The highest BCUT2D eigenvalue weighted by Crippen LogP contribution is 2.24. The molecule has 0 aliphatic carbocycles. The van der Waals surface area contributed by atoms with Crippen molar-refractivity contribution in [1.82, 2.24) is 4.98 Å². The Kier molecular flexibility index (Phi) is 2.90. The van der Waals surface area contributed by atoms with Crippen LogP contribution in [-0.2, 0) is 11.2 Å². The predicted molar refractivity (Wildman–Crippen MR) is 70.9 cm³/mol. The van der Waals surface area contributed by atoms with E-state index in [1.54, 1.807) is 18.2 Å². The fraction of sp³-hybridized carbons (Fsp3) is 0.0714. The second kappa shape index (κ2) is 4.73. The maximum atomic E-state index is 12.7. The molecule has 100 valence electrons. The number of pyridine rings is 1. The van der Waals surface area contributed by atoms with E-state index in [0.717, 1.165) is 5.56 Å². The maximum Gasteiger partial charge on any atom is 0.255 e. The van der Waals surface area contributed by atoms with E-state index in [1.165, 1.54) is 18.3 Å². The van der Waals surface area contributed by atoms with Crippen LogP contribution in [-0.4, -0.2) is 16.8 Å². The molecule has 0 bridgehead atoms. The standard InChI is InChI=1S/C14H10FN3O2/c15-12-4-3-10(7-16-12)17-14(20)9-2-1-8-6-13(19)18-11(8)5-9/h1-5,7H,6H2,(H,17,20)(H,18,19). The van der Waals surface area contributed by atoms with Gasteiger partial charge in [-0.05, 0) is 29.8 Å². The van der Waals surface area contributed by atoms with Crippen molar-refractivity contribution in [2.24, 2.45) is 0 Å². The molecule has 0 unspecified atom stereocenters. The van der Waals surface area contributed by atoms with Crippen molar-refractivity contribution < 1.29 is 14.0 Å². The Hall–Kier alpha value is -2.76. The van der Waals surface area contributed by atoms with E-state index in [4.69, 9.17) is 0 Å². The van der Waals surface area contributed by atoms with E-state index < -0.39 is 5.95 Å². The van der Waals surface area contributed by atoms with Crippen molar-refractivity contribution in [3.8, 4) is 0 Å². The number of aromatic nitrogens is 1. The average molecular weight is 271 g/mol. The predicted octanol–water partition coefficient (Wildman–Crippen LogP) is 1.97. The Balaban J connectivity index is 1.79. The molecule has 3 rings (SSSR count). The summed E-state index contributed by atoms with van der Waals surface area (Å²) >= 11 is 0. The summed E-state index contributed by atoms with van der Waals surface area (Å²) in [5.74, 6) is -1.04. The number of carbonyl (C=O) groups is 2. The molecule has 0 saturated heterocycles. The number of rotatable bonds is 2. The summed E-state index contributed by atoms with van der Waals surface area (Å²) < 4.78 is 12.7. The van der Waals surface area contributed by atoms with Crippen LogP contribution in [0.4, 0.5) is 15.8 Å². The van der Waals surface area contributed by atoms with Gasteiger partial charge in [-0.15, -0.1) is 0 Å². The number of hydrogen-bond acceptors (Lipinski definition) is 3. The van der Waals surface area contributed by atoms with E-state index in [0.29, 0.717) is 23.4 Å². The van der Waals surface area contributed by atoms with Crippen molar-refractivity contribution in [2.45, 2.75) is 6.42 Å². The lowest BCUT2D eigenvalue weighted by atomic mass is 10.1. The molecule has 2 amide bonds. The largest absolute Gasteiger partial charge is 0.326 e. The van der Waals surface area contributed by atoms with Crippen LogP contribution in [0.5, 0.6) is 0 Å². The molecular weight excluding hydrogens is 261 g/mol. The van der Waals surface area contributed by atoms with Crippen LogP contribution in [0, 0.1) is 5.95 Å². The molecule has 1 aliphatic heterocycles. The molecule has 1 aromatic heterocycles. The normalized spacial score (nSPS) is 12.8. The van der Waals surface area contributed by atoms with Gasteiger partial charge in [0.2, 0.25) is 11.9 Å². The molecule has 2 aromatic rings. The number of amides is 2. The van der Waals surface area contributed by atoms with Gasteiger partial charge in [-0.2, -0.15) is 4.39 Å². The van der Waals surface area contributed by atoms with Gasteiger partial charge in [0.15, 0.2) is 0 Å². The van der Waals surface area contributed by atoms with Crippen LogP contribution in [0.25, 0.3) is 0 Å². The minimum absolute atomic E-state index is 0.0831. The van der Waals surface area contributed by atoms with Gasteiger partial charge >= 0.3 is 0 Å². The van der Waals surface area contributed by atoms with Crippen LogP contribution >= 0.6 is 0 Å². The highest BCUT2D eigenvalue weighted by Gasteiger charge is 2.19. The third-order valence-corrected chi connectivity index (χ3v) is 2.98. The molecular formula is C14H10FN3O2. The first kappa shape index (κ1) is 12.3. The van der Waals surface area contributed by atoms with Gasteiger partial charge in [-0.25, -0.2) is 4.98 Å². The lowest BCUT2D eigenvalue weighted by Gasteiger charge is -2.06. The quantitative estimate of drug-likeness (QED) is 0.820. The Labute approximate surface area is 113 Å².